The van der Waals surface area contributed by atoms with Gasteiger partial charge < -0.3 is 16.0 Å². The molecule has 0 aliphatic heterocycles. The molecule has 0 radical (unpaired) electrons. The van der Waals surface area contributed by atoms with Gasteiger partial charge in [0, 0.05) is 53.7 Å². The molecule has 31 heavy (non-hydrogen) atoms. The molecule has 3 N–H and O–H groups in total. The third-order valence-corrected chi connectivity index (χ3v) is 5.09. The average Bonchev–Trinajstić information content (AvgIpc) is 2.78. The van der Waals surface area contributed by atoms with E-state index < -0.39 is 5.91 Å². The van der Waals surface area contributed by atoms with Crippen LogP contribution in [0.4, 0.5) is 11.4 Å². The van der Waals surface area contributed by atoms with Crippen molar-refractivity contribution in [1.82, 2.24) is 4.98 Å². The number of nitrogens with one attached hydrogen (secondary N) is 1. The van der Waals surface area contributed by atoms with Gasteiger partial charge in [0.15, 0.2) is 0 Å². The van der Waals surface area contributed by atoms with Crippen LogP contribution in [0.3, 0.4) is 0 Å². The number of anilines is 2. The van der Waals surface area contributed by atoms with Gasteiger partial charge in [-0.1, -0.05) is 24.3 Å². The van der Waals surface area contributed by atoms with Gasteiger partial charge in [-0.25, -0.2) is 0 Å². The third-order valence-electron chi connectivity index (χ3n) is 5.09. The molecule has 0 bridgehead atoms. The average molecular weight is 410 g/mol. The Morgan fingerprint density at radius 3 is 2.52 bits per heavy atom. The fraction of sp³-hybridized carbons (Fsp3) is 0.0800. The molecule has 4 rings (SSSR count). The monoisotopic (exact) mass is 410 g/mol. The first-order valence-corrected chi connectivity index (χ1v) is 9.81. The summed E-state index contributed by atoms with van der Waals surface area (Å²) in [4.78, 5) is 31.5. The van der Waals surface area contributed by atoms with Gasteiger partial charge in [-0.3, -0.25) is 14.6 Å². The van der Waals surface area contributed by atoms with Crippen LogP contribution in [0.2, 0.25) is 0 Å². The number of nitrogens with zero attached hydrogens (tertiary/aromatic N) is 2. The molecule has 6 heteroatoms. The molecule has 154 valence electrons. The van der Waals surface area contributed by atoms with Crippen LogP contribution in [-0.4, -0.2) is 30.9 Å². The topological polar surface area (TPSA) is 88.3 Å². The zero-order chi connectivity index (χ0) is 22.0. The molecule has 4 aromatic rings. The zero-order valence-corrected chi connectivity index (χ0v) is 17.3. The highest BCUT2D eigenvalue weighted by atomic mass is 16.2. The number of rotatable bonds is 5. The summed E-state index contributed by atoms with van der Waals surface area (Å²) in [6, 6.07) is 21.9. The number of amides is 2. The van der Waals surface area contributed by atoms with Crippen molar-refractivity contribution in [1.29, 1.82) is 0 Å². The fourth-order valence-electron chi connectivity index (χ4n) is 3.52. The molecule has 1 aromatic heterocycles. The Balaban J connectivity index is 1.77. The summed E-state index contributed by atoms with van der Waals surface area (Å²) in [5, 5.41) is 3.83. The van der Waals surface area contributed by atoms with Crippen LogP contribution in [-0.2, 0) is 0 Å². The Morgan fingerprint density at radius 2 is 1.74 bits per heavy atom. The molecule has 1 heterocycles. The maximum atomic E-state index is 13.0. The Bertz CT molecular complexity index is 1300. The number of pyridine rings is 1. The maximum absolute atomic E-state index is 13.0. The van der Waals surface area contributed by atoms with Crippen molar-refractivity contribution in [2.45, 2.75) is 0 Å². The number of hydrogen-bond acceptors (Lipinski definition) is 4. The molecular formula is C25H22N4O2. The summed E-state index contributed by atoms with van der Waals surface area (Å²) in [6.07, 6.45) is 1.71. The smallest absolute Gasteiger partial charge is 0.255 e. The van der Waals surface area contributed by atoms with Gasteiger partial charge in [-0.15, -0.1) is 0 Å². The summed E-state index contributed by atoms with van der Waals surface area (Å²) in [5.41, 5.74) is 10.2. The van der Waals surface area contributed by atoms with E-state index in [2.05, 4.69) is 10.3 Å². The van der Waals surface area contributed by atoms with Crippen molar-refractivity contribution >= 4 is 34.1 Å². The number of primary amides is 1. The van der Waals surface area contributed by atoms with Crippen LogP contribution in [0.5, 0.6) is 0 Å². The molecule has 0 atom stereocenters. The molecule has 2 amide bonds. The highest BCUT2D eigenvalue weighted by molar-refractivity contribution is 6.11. The van der Waals surface area contributed by atoms with Crippen molar-refractivity contribution in [3.8, 4) is 11.1 Å². The second kappa shape index (κ2) is 8.28. The number of fused-ring (bicyclic) bond motifs is 1. The molecule has 0 saturated heterocycles. The number of aromatic nitrogens is 1. The van der Waals surface area contributed by atoms with Gasteiger partial charge in [0.25, 0.3) is 5.91 Å². The molecule has 0 aliphatic carbocycles. The lowest BCUT2D eigenvalue weighted by Gasteiger charge is -2.18. The van der Waals surface area contributed by atoms with E-state index in [1.807, 2.05) is 61.5 Å². The van der Waals surface area contributed by atoms with Crippen LogP contribution in [0.25, 0.3) is 22.0 Å². The Labute approximate surface area is 180 Å². The summed E-state index contributed by atoms with van der Waals surface area (Å²) >= 11 is 0. The number of carbonyl (C=O) groups is 2. The second-order valence-corrected chi connectivity index (χ2v) is 7.40. The number of benzene rings is 3. The normalized spacial score (nSPS) is 10.6. The molecule has 0 saturated carbocycles. The summed E-state index contributed by atoms with van der Waals surface area (Å²) in [7, 11) is 3.88. The van der Waals surface area contributed by atoms with Crippen LogP contribution in [0.15, 0.2) is 79.0 Å². The van der Waals surface area contributed by atoms with E-state index in [1.165, 1.54) is 0 Å². The van der Waals surface area contributed by atoms with Crippen molar-refractivity contribution < 1.29 is 9.59 Å². The SMILES string of the molecule is CN(C)c1cccc(-c2c(NC(=O)c3ccc4ncccc4c3)cccc2C(N)=O)c1. The second-order valence-electron chi connectivity index (χ2n) is 7.40. The van der Waals surface area contributed by atoms with E-state index >= 15 is 0 Å². The number of carbonyl (C=O) groups excluding carboxylic acids is 2. The Morgan fingerprint density at radius 1 is 0.935 bits per heavy atom. The quantitative estimate of drug-likeness (QED) is 0.513. The van der Waals surface area contributed by atoms with Gasteiger partial charge in [-0.05, 0) is 54.1 Å². The van der Waals surface area contributed by atoms with E-state index in [0.717, 1.165) is 22.2 Å². The van der Waals surface area contributed by atoms with E-state index in [9.17, 15) is 9.59 Å². The molecule has 3 aromatic carbocycles. The lowest BCUT2D eigenvalue weighted by Crippen LogP contribution is -2.17. The molecule has 0 aliphatic rings. The van der Waals surface area contributed by atoms with Crippen LogP contribution < -0.4 is 16.0 Å². The highest BCUT2D eigenvalue weighted by Crippen LogP contribution is 2.34. The minimum atomic E-state index is -0.557. The number of nitrogens with two attached hydrogens (primary N) is 1. The molecule has 0 unspecified atom stereocenters. The van der Waals surface area contributed by atoms with E-state index in [1.54, 1.807) is 36.5 Å². The van der Waals surface area contributed by atoms with Crippen molar-refractivity contribution in [2.24, 2.45) is 5.73 Å². The Kier molecular flexibility index (Phi) is 5.37. The first-order chi connectivity index (χ1) is 14.9. The van der Waals surface area contributed by atoms with E-state index in [-0.39, 0.29) is 5.91 Å². The summed E-state index contributed by atoms with van der Waals surface area (Å²) < 4.78 is 0. The summed E-state index contributed by atoms with van der Waals surface area (Å²) in [5.74, 6) is -0.837. The van der Waals surface area contributed by atoms with Crippen LogP contribution in [0, 0.1) is 0 Å². The fourth-order valence-corrected chi connectivity index (χ4v) is 3.52. The van der Waals surface area contributed by atoms with Gasteiger partial charge in [0.1, 0.15) is 0 Å². The molecule has 0 spiro atoms. The zero-order valence-electron chi connectivity index (χ0n) is 17.3. The highest BCUT2D eigenvalue weighted by Gasteiger charge is 2.17. The van der Waals surface area contributed by atoms with Crippen molar-refractivity contribution in [3.63, 3.8) is 0 Å². The number of hydrogen-bond donors (Lipinski definition) is 2. The van der Waals surface area contributed by atoms with Gasteiger partial charge in [0.05, 0.1) is 5.52 Å². The third kappa shape index (κ3) is 4.09. The standard InChI is InChI=1S/C25H22N4O2/c1-29(2)19-8-3-6-17(15-19)23-20(24(26)30)9-4-10-22(23)28-25(31)18-11-12-21-16(14-18)7-5-13-27-21/h3-15H,1-2H3,(H2,26,30)(H,28,31). The van der Waals surface area contributed by atoms with E-state index in [0.29, 0.717) is 22.4 Å². The predicted octanol–water partition coefficient (Wildman–Crippen LogP) is 4.32. The van der Waals surface area contributed by atoms with E-state index in [4.69, 9.17) is 5.73 Å². The van der Waals surface area contributed by atoms with Crippen molar-refractivity contribution in [2.75, 3.05) is 24.3 Å². The lowest BCUT2D eigenvalue weighted by atomic mass is 9.96. The van der Waals surface area contributed by atoms with Crippen LogP contribution >= 0.6 is 0 Å². The molecular weight excluding hydrogens is 388 g/mol. The first kappa shape index (κ1) is 20.1. The minimum absolute atomic E-state index is 0.280. The van der Waals surface area contributed by atoms with Gasteiger partial charge in [0.2, 0.25) is 5.91 Å². The maximum Gasteiger partial charge on any atom is 0.255 e. The van der Waals surface area contributed by atoms with Crippen molar-refractivity contribution in [3.05, 3.63) is 90.1 Å². The summed E-state index contributed by atoms with van der Waals surface area (Å²) in [6.45, 7) is 0. The first-order valence-electron chi connectivity index (χ1n) is 9.81. The van der Waals surface area contributed by atoms with Gasteiger partial charge in [-0.2, -0.15) is 0 Å². The predicted molar refractivity (Wildman–Crippen MR) is 124 cm³/mol. The lowest BCUT2D eigenvalue weighted by molar-refractivity contribution is 0.0997. The van der Waals surface area contributed by atoms with Gasteiger partial charge >= 0.3 is 0 Å². The van der Waals surface area contributed by atoms with Crippen LogP contribution in [0.1, 0.15) is 20.7 Å². The largest absolute Gasteiger partial charge is 0.378 e. The minimum Gasteiger partial charge on any atom is -0.378 e. The molecule has 0 fully saturated rings. The Hall–Kier alpha value is -4.19. The molecule has 6 nitrogen and oxygen atoms in total.